The van der Waals surface area contributed by atoms with Crippen LogP contribution in [0.3, 0.4) is 0 Å². The lowest BCUT2D eigenvalue weighted by Gasteiger charge is -2.16. The number of carbonyl (C=O) groups excluding carboxylic acids is 3. The molecule has 1 fully saturated rings. The molecule has 2 aromatic rings. The van der Waals surface area contributed by atoms with Crippen molar-refractivity contribution in [1.82, 2.24) is 10.4 Å². The van der Waals surface area contributed by atoms with Gasteiger partial charge in [0.15, 0.2) is 4.32 Å². The van der Waals surface area contributed by atoms with E-state index in [2.05, 4.69) is 12.3 Å². The molecule has 2 aliphatic heterocycles. The van der Waals surface area contributed by atoms with Crippen LogP contribution >= 0.6 is 35.6 Å². The van der Waals surface area contributed by atoms with Crippen molar-refractivity contribution in [3.8, 4) is 0 Å². The van der Waals surface area contributed by atoms with Crippen molar-refractivity contribution < 1.29 is 14.4 Å². The maximum absolute atomic E-state index is 13.2. The van der Waals surface area contributed by atoms with Gasteiger partial charge in [0.25, 0.3) is 17.7 Å². The summed E-state index contributed by atoms with van der Waals surface area (Å²) in [5, 5.41) is 1.26. The van der Waals surface area contributed by atoms with Crippen molar-refractivity contribution in [3.63, 3.8) is 0 Å². The van der Waals surface area contributed by atoms with Gasteiger partial charge in [-0.15, -0.1) is 0 Å². The molecule has 6 nitrogen and oxygen atoms in total. The molecule has 1 N–H and O–H groups in total. The van der Waals surface area contributed by atoms with Gasteiger partial charge in [-0.2, -0.15) is 5.01 Å². The van der Waals surface area contributed by atoms with Gasteiger partial charge in [0.2, 0.25) is 0 Å². The standard InChI is InChI=1S/C22H18ClN3O3S2/c1-2-3-12-25-16-11-7-5-9-14(16)17(20(25)28)18-21(29)26(22(30)31-18)24-19(27)13-8-4-6-10-15(13)23/h4-11H,2-3,12H2,1H3,(H,24,27)/b18-17-. The average Bonchev–Trinajstić information content (AvgIpc) is 3.19. The lowest BCUT2D eigenvalue weighted by molar-refractivity contribution is -0.124. The number of fused-ring (bicyclic) bond motifs is 1. The SMILES string of the molecule is CCCCN1C(=O)/C(=C2\SC(=S)N(NC(=O)c3ccccc3Cl)C2=O)c2ccccc21. The third-order valence-corrected chi connectivity index (χ3v) is 6.69. The summed E-state index contributed by atoms with van der Waals surface area (Å²) in [5.74, 6) is -1.32. The summed E-state index contributed by atoms with van der Waals surface area (Å²) >= 11 is 12.4. The number of thiocarbonyl (C=S) groups is 1. The summed E-state index contributed by atoms with van der Waals surface area (Å²) in [6.07, 6.45) is 1.79. The Morgan fingerprint density at radius 3 is 2.55 bits per heavy atom. The van der Waals surface area contributed by atoms with Crippen LogP contribution in [0.1, 0.15) is 35.7 Å². The molecule has 31 heavy (non-hydrogen) atoms. The predicted octanol–water partition coefficient (Wildman–Crippen LogP) is 4.40. The second-order valence-corrected chi connectivity index (χ2v) is 9.01. The van der Waals surface area contributed by atoms with E-state index in [1.807, 2.05) is 24.3 Å². The Morgan fingerprint density at radius 2 is 1.81 bits per heavy atom. The van der Waals surface area contributed by atoms with E-state index in [9.17, 15) is 14.4 Å². The van der Waals surface area contributed by atoms with Gasteiger partial charge in [-0.3, -0.25) is 19.8 Å². The second kappa shape index (κ2) is 8.82. The number of nitrogens with one attached hydrogen (secondary N) is 1. The fourth-order valence-corrected chi connectivity index (χ4v) is 4.93. The molecule has 0 aliphatic carbocycles. The van der Waals surface area contributed by atoms with Crippen LogP contribution in [-0.4, -0.2) is 33.6 Å². The fourth-order valence-electron chi connectivity index (χ4n) is 3.46. The van der Waals surface area contributed by atoms with Crippen LogP contribution in [-0.2, 0) is 9.59 Å². The molecule has 9 heteroatoms. The number of anilines is 1. The first-order valence-electron chi connectivity index (χ1n) is 9.71. The number of halogens is 1. The highest BCUT2D eigenvalue weighted by molar-refractivity contribution is 8.26. The molecule has 0 radical (unpaired) electrons. The highest BCUT2D eigenvalue weighted by Crippen LogP contribution is 2.44. The number of benzene rings is 2. The minimum atomic E-state index is -0.559. The molecular formula is C22H18ClN3O3S2. The number of nitrogens with zero attached hydrogens (tertiary/aromatic N) is 2. The van der Waals surface area contributed by atoms with Crippen molar-refractivity contribution in [3.05, 3.63) is 69.6 Å². The lowest BCUT2D eigenvalue weighted by Crippen LogP contribution is -2.45. The van der Waals surface area contributed by atoms with E-state index in [1.165, 1.54) is 0 Å². The van der Waals surface area contributed by atoms with Crippen LogP contribution in [0.2, 0.25) is 5.02 Å². The van der Waals surface area contributed by atoms with E-state index < -0.39 is 11.8 Å². The second-order valence-electron chi connectivity index (χ2n) is 6.96. The van der Waals surface area contributed by atoms with Gasteiger partial charge >= 0.3 is 0 Å². The van der Waals surface area contributed by atoms with Gasteiger partial charge in [0, 0.05) is 12.1 Å². The minimum Gasteiger partial charge on any atom is -0.308 e. The summed E-state index contributed by atoms with van der Waals surface area (Å²) in [4.78, 5) is 40.9. The summed E-state index contributed by atoms with van der Waals surface area (Å²) in [5.41, 5.74) is 4.53. The summed E-state index contributed by atoms with van der Waals surface area (Å²) < 4.78 is 0.144. The van der Waals surface area contributed by atoms with Crippen molar-refractivity contribution in [2.45, 2.75) is 19.8 Å². The molecule has 0 unspecified atom stereocenters. The lowest BCUT2D eigenvalue weighted by atomic mass is 10.1. The summed E-state index contributed by atoms with van der Waals surface area (Å²) in [6, 6.07) is 13.9. The van der Waals surface area contributed by atoms with E-state index in [-0.39, 0.29) is 25.7 Å². The highest BCUT2D eigenvalue weighted by Gasteiger charge is 2.42. The predicted molar refractivity (Wildman–Crippen MR) is 127 cm³/mol. The largest absolute Gasteiger partial charge is 0.308 e. The normalized spacial score (nSPS) is 18.1. The van der Waals surface area contributed by atoms with E-state index >= 15 is 0 Å². The number of unbranched alkanes of at least 4 members (excludes halogenated alkanes) is 1. The Balaban J connectivity index is 1.67. The molecule has 0 aromatic heterocycles. The maximum Gasteiger partial charge on any atom is 0.286 e. The zero-order chi connectivity index (χ0) is 22.1. The van der Waals surface area contributed by atoms with E-state index in [0.717, 1.165) is 35.3 Å². The number of hydrazine groups is 1. The van der Waals surface area contributed by atoms with Gasteiger partial charge in [-0.05, 0) is 36.8 Å². The molecule has 0 spiro atoms. The van der Waals surface area contributed by atoms with Crippen LogP contribution < -0.4 is 10.3 Å². The van der Waals surface area contributed by atoms with Crippen LogP contribution in [0.4, 0.5) is 5.69 Å². The Morgan fingerprint density at radius 1 is 1.10 bits per heavy atom. The number of para-hydroxylation sites is 1. The first-order chi connectivity index (χ1) is 14.9. The smallest absolute Gasteiger partial charge is 0.286 e. The van der Waals surface area contributed by atoms with E-state index in [4.69, 9.17) is 23.8 Å². The van der Waals surface area contributed by atoms with Crippen molar-refractivity contribution in [2.75, 3.05) is 11.4 Å². The van der Waals surface area contributed by atoms with Gasteiger partial charge in [0.1, 0.15) is 0 Å². The molecule has 2 aliphatic rings. The number of rotatable bonds is 5. The first-order valence-corrected chi connectivity index (χ1v) is 11.3. The third kappa shape index (κ3) is 3.86. The zero-order valence-electron chi connectivity index (χ0n) is 16.6. The van der Waals surface area contributed by atoms with Gasteiger partial charge in [-0.25, -0.2) is 0 Å². The van der Waals surface area contributed by atoms with Gasteiger partial charge < -0.3 is 4.90 Å². The quantitative estimate of drug-likeness (QED) is 0.517. The van der Waals surface area contributed by atoms with Crippen molar-refractivity contribution in [2.24, 2.45) is 0 Å². The molecule has 3 amide bonds. The molecule has 0 atom stereocenters. The first kappa shape index (κ1) is 21.5. The zero-order valence-corrected chi connectivity index (χ0v) is 18.9. The Kier molecular flexibility index (Phi) is 6.13. The number of hydrogen-bond acceptors (Lipinski definition) is 5. The van der Waals surface area contributed by atoms with E-state index in [0.29, 0.717) is 17.7 Å². The Bertz CT molecular complexity index is 1150. The van der Waals surface area contributed by atoms with Crippen LogP contribution in [0.15, 0.2) is 53.4 Å². The highest BCUT2D eigenvalue weighted by atomic mass is 35.5. The summed E-state index contributed by atoms with van der Waals surface area (Å²) in [6.45, 7) is 2.62. The third-order valence-electron chi connectivity index (χ3n) is 4.99. The minimum absolute atomic E-state index is 0.144. The number of thioether (sulfide) groups is 1. The van der Waals surface area contributed by atoms with Crippen LogP contribution in [0.25, 0.3) is 5.57 Å². The van der Waals surface area contributed by atoms with Crippen molar-refractivity contribution in [1.29, 1.82) is 0 Å². The molecule has 0 bridgehead atoms. The Labute approximate surface area is 194 Å². The monoisotopic (exact) mass is 471 g/mol. The molecular weight excluding hydrogens is 454 g/mol. The topological polar surface area (TPSA) is 69.7 Å². The molecule has 1 saturated heterocycles. The average molecular weight is 472 g/mol. The molecule has 158 valence electrons. The number of hydrogen-bond donors (Lipinski definition) is 1. The van der Waals surface area contributed by atoms with E-state index in [1.54, 1.807) is 29.2 Å². The Hall–Kier alpha value is -2.68. The molecule has 4 rings (SSSR count). The molecule has 2 aromatic carbocycles. The number of carbonyl (C=O) groups is 3. The van der Waals surface area contributed by atoms with Gasteiger partial charge in [0.05, 0.1) is 26.8 Å². The van der Waals surface area contributed by atoms with Crippen molar-refractivity contribution >= 4 is 68.9 Å². The molecule has 0 saturated carbocycles. The van der Waals surface area contributed by atoms with Gasteiger partial charge in [-0.1, -0.05) is 67.0 Å². The summed E-state index contributed by atoms with van der Waals surface area (Å²) in [7, 11) is 0. The number of amides is 3. The fraction of sp³-hybridized carbons (Fsp3) is 0.182. The van der Waals surface area contributed by atoms with Crippen LogP contribution in [0, 0.1) is 0 Å². The maximum atomic E-state index is 13.2. The molecule has 2 heterocycles. The van der Waals surface area contributed by atoms with Crippen LogP contribution in [0.5, 0.6) is 0 Å².